The Kier molecular flexibility index (Phi) is 10.4. The van der Waals surface area contributed by atoms with Crippen LogP contribution in [0.2, 0.25) is 0 Å². The molecule has 0 saturated heterocycles. The first-order valence-corrected chi connectivity index (χ1v) is 15.4. The van der Waals surface area contributed by atoms with Crippen molar-refractivity contribution in [1.82, 2.24) is 14.5 Å². The van der Waals surface area contributed by atoms with Gasteiger partial charge in [0.15, 0.2) is 0 Å². The summed E-state index contributed by atoms with van der Waals surface area (Å²) in [5, 5.41) is 4.60. The zero-order chi connectivity index (χ0) is 30.1. The lowest BCUT2D eigenvalue weighted by Gasteiger charge is -2.32. The predicted octanol–water partition coefficient (Wildman–Crippen LogP) is 5.16. The Morgan fingerprint density at radius 2 is 1.52 bits per heavy atom. The molecule has 0 fully saturated rings. The summed E-state index contributed by atoms with van der Waals surface area (Å²) in [4.78, 5) is 29.0. The lowest BCUT2D eigenvalue weighted by atomic mass is 10.0. The maximum absolute atomic E-state index is 13.9. The minimum Gasteiger partial charge on any atom is -0.354 e. The Hall–Kier alpha value is -4.08. The van der Waals surface area contributed by atoms with Gasteiger partial charge in [0.1, 0.15) is 11.9 Å². The molecule has 1 N–H and O–H groups in total. The highest BCUT2D eigenvalue weighted by molar-refractivity contribution is 7.89. The van der Waals surface area contributed by atoms with Gasteiger partial charge in [-0.1, -0.05) is 86.1 Å². The Labute approximate surface area is 247 Å². The van der Waals surface area contributed by atoms with Gasteiger partial charge in [-0.2, -0.15) is 4.31 Å². The van der Waals surface area contributed by atoms with Crippen molar-refractivity contribution in [3.8, 4) is 0 Å². The predicted molar refractivity (Wildman–Crippen MR) is 163 cm³/mol. The quantitative estimate of drug-likeness (QED) is 0.219. The molecule has 4 aromatic rings. The molecule has 9 heteroatoms. The summed E-state index contributed by atoms with van der Waals surface area (Å²) in [6, 6.07) is 26.4. The third kappa shape index (κ3) is 7.80. The highest BCUT2D eigenvalue weighted by Crippen LogP contribution is 2.22. The number of likely N-dealkylation sites (N-methyl/N-ethyl adjacent to an activating group) is 1. The van der Waals surface area contributed by atoms with Crippen LogP contribution >= 0.6 is 0 Å². The van der Waals surface area contributed by atoms with E-state index in [-0.39, 0.29) is 23.8 Å². The molecule has 4 rings (SSSR count). The number of fused-ring (bicyclic) bond motifs is 1. The topological polar surface area (TPSA) is 86.8 Å². The number of halogens is 1. The standard InChI is InChI=1S/C33H36FN3O4S/c1-3-4-20-35-33(39)31(21-25-10-6-5-7-11-25)37(23-26-14-17-29(34)18-15-26)32(38)24-36(2)42(40,41)30-19-16-27-12-8-9-13-28(27)22-30/h5-19,22,31H,3-4,20-21,23-24H2,1-2H3,(H,35,39)/t31-/m0/s1. The Morgan fingerprint density at radius 3 is 2.21 bits per heavy atom. The fourth-order valence-corrected chi connectivity index (χ4v) is 5.88. The van der Waals surface area contributed by atoms with Crippen LogP contribution in [0.1, 0.15) is 30.9 Å². The smallest absolute Gasteiger partial charge is 0.243 e. The Morgan fingerprint density at radius 1 is 0.857 bits per heavy atom. The highest BCUT2D eigenvalue weighted by Gasteiger charge is 2.33. The first-order chi connectivity index (χ1) is 20.2. The van der Waals surface area contributed by atoms with Crippen molar-refractivity contribution in [2.45, 2.75) is 43.7 Å². The molecule has 220 valence electrons. The van der Waals surface area contributed by atoms with Crippen LogP contribution in [0.5, 0.6) is 0 Å². The van der Waals surface area contributed by atoms with Crippen LogP contribution in [-0.2, 0) is 32.6 Å². The molecule has 7 nitrogen and oxygen atoms in total. The Bertz CT molecular complexity index is 1610. The third-order valence-corrected chi connectivity index (χ3v) is 8.95. The number of carbonyl (C=O) groups excluding carboxylic acids is 2. The summed E-state index contributed by atoms with van der Waals surface area (Å²) < 4.78 is 41.7. The molecule has 0 aliphatic rings. The number of nitrogens with zero attached hydrogens (tertiary/aromatic N) is 2. The van der Waals surface area contributed by atoms with E-state index in [4.69, 9.17) is 0 Å². The van der Waals surface area contributed by atoms with E-state index in [1.165, 1.54) is 30.1 Å². The van der Waals surface area contributed by atoms with E-state index in [0.717, 1.165) is 33.5 Å². The molecule has 0 aliphatic heterocycles. The molecule has 42 heavy (non-hydrogen) atoms. The van der Waals surface area contributed by atoms with Gasteiger partial charge in [-0.05, 0) is 52.6 Å². The maximum Gasteiger partial charge on any atom is 0.243 e. The number of carbonyl (C=O) groups is 2. The minimum atomic E-state index is -4.02. The summed E-state index contributed by atoms with van der Waals surface area (Å²) in [6.45, 7) is 1.99. The van der Waals surface area contributed by atoms with Crippen molar-refractivity contribution in [2.24, 2.45) is 0 Å². The number of nitrogens with one attached hydrogen (secondary N) is 1. The van der Waals surface area contributed by atoms with Crippen molar-refractivity contribution >= 4 is 32.6 Å². The van der Waals surface area contributed by atoms with Crippen molar-refractivity contribution in [2.75, 3.05) is 20.1 Å². The van der Waals surface area contributed by atoms with Gasteiger partial charge in [0.25, 0.3) is 0 Å². The van der Waals surface area contributed by atoms with Crippen LogP contribution in [0.15, 0.2) is 102 Å². The molecule has 0 aliphatic carbocycles. The van der Waals surface area contributed by atoms with E-state index < -0.39 is 34.3 Å². The summed E-state index contributed by atoms with van der Waals surface area (Å²) in [7, 11) is -2.67. The van der Waals surface area contributed by atoms with Gasteiger partial charge in [-0.15, -0.1) is 0 Å². The zero-order valence-electron chi connectivity index (χ0n) is 23.9. The van der Waals surface area contributed by atoms with Gasteiger partial charge in [0.05, 0.1) is 11.4 Å². The molecule has 0 aromatic heterocycles. The van der Waals surface area contributed by atoms with Crippen LogP contribution in [0, 0.1) is 5.82 Å². The molecule has 0 heterocycles. The fraction of sp³-hybridized carbons (Fsp3) is 0.273. The van der Waals surface area contributed by atoms with Gasteiger partial charge in [-0.3, -0.25) is 9.59 Å². The van der Waals surface area contributed by atoms with E-state index in [2.05, 4.69) is 5.32 Å². The summed E-state index contributed by atoms with van der Waals surface area (Å²) in [5.41, 5.74) is 1.46. The molecule has 0 spiro atoms. The van der Waals surface area contributed by atoms with Crippen molar-refractivity contribution in [3.63, 3.8) is 0 Å². The lowest BCUT2D eigenvalue weighted by molar-refractivity contribution is -0.141. The van der Waals surface area contributed by atoms with Gasteiger partial charge < -0.3 is 10.2 Å². The normalized spacial score (nSPS) is 12.3. The first kappa shape index (κ1) is 30.9. The lowest BCUT2D eigenvalue weighted by Crippen LogP contribution is -2.53. The molecule has 0 radical (unpaired) electrons. The van der Waals surface area contributed by atoms with Gasteiger partial charge in [-0.25, -0.2) is 12.8 Å². The SMILES string of the molecule is CCCCNC(=O)[C@H](Cc1ccccc1)N(Cc1ccc(F)cc1)C(=O)CN(C)S(=O)(=O)c1ccc2ccccc2c1. The van der Waals surface area contributed by atoms with E-state index in [9.17, 15) is 22.4 Å². The van der Waals surface area contributed by atoms with E-state index in [0.29, 0.717) is 12.1 Å². The van der Waals surface area contributed by atoms with Gasteiger partial charge in [0, 0.05) is 26.6 Å². The van der Waals surface area contributed by atoms with Crippen LogP contribution in [0.4, 0.5) is 4.39 Å². The van der Waals surface area contributed by atoms with Gasteiger partial charge in [0.2, 0.25) is 21.8 Å². The van der Waals surface area contributed by atoms with Crippen LogP contribution in [0.25, 0.3) is 10.8 Å². The molecular weight excluding hydrogens is 553 g/mol. The van der Waals surface area contributed by atoms with Crippen LogP contribution in [0.3, 0.4) is 0 Å². The van der Waals surface area contributed by atoms with Crippen molar-refractivity contribution in [3.05, 3.63) is 114 Å². The van der Waals surface area contributed by atoms with Crippen LogP contribution in [-0.4, -0.2) is 55.6 Å². The molecule has 0 bridgehead atoms. The third-order valence-electron chi connectivity index (χ3n) is 7.15. The minimum absolute atomic E-state index is 0.00166. The number of hydrogen-bond donors (Lipinski definition) is 1. The van der Waals surface area contributed by atoms with Crippen LogP contribution < -0.4 is 5.32 Å². The van der Waals surface area contributed by atoms with Crippen molar-refractivity contribution < 1.29 is 22.4 Å². The average molecular weight is 590 g/mol. The number of rotatable bonds is 13. The Balaban J connectivity index is 1.65. The second kappa shape index (κ2) is 14.2. The van der Waals surface area contributed by atoms with E-state index in [1.54, 1.807) is 24.3 Å². The largest absolute Gasteiger partial charge is 0.354 e. The van der Waals surface area contributed by atoms with Crippen molar-refractivity contribution in [1.29, 1.82) is 0 Å². The zero-order valence-corrected chi connectivity index (χ0v) is 24.7. The molecular formula is C33H36FN3O4S. The first-order valence-electron chi connectivity index (χ1n) is 14.0. The number of sulfonamides is 1. The van der Waals surface area contributed by atoms with E-state index in [1.807, 2.05) is 61.5 Å². The molecule has 0 unspecified atom stereocenters. The number of hydrogen-bond acceptors (Lipinski definition) is 4. The summed E-state index contributed by atoms with van der Waals surface area (Å²) in [5.74, 6) is -1.29. The van der Waals surface area contributed by atoms with Gasteiger partial charge >= 0.3 is 0 Å². The number of amides is 2. The molecule has 2 amide bonds. The second-order valence-corrected chi connectivity index (χ2v) is 12.3. The van der Waals surface area contributed by atoms with E-state index >= 15 is 0 Å². The monoisotopic (exact) mass is 589 g/mol. The number of benzene rings is 4. The molecule has 0 saturated carbocycles. The molecule has 4 aromatic carbocycles. The molecule has 1 atom stereocenters. The fourth-order valence-electron chi connectivity index (χ4n) is 4.72. The second-order valence-electron chi connectivity index (χ2n) is 10.3. The highest BCUT2D eigenvalue weighted by atomic mass is 32.2. The summed E-state index contributed by atoms with van der Waals surface area (Å²) >= 11 is 0. The maximum atomic E-state index is 13.9. The average Bonchev–Trinajstić information content (AvgIpc) is 3.00. The number of unbranched alkanes of at least 4 members (excludes halogenated alkanes) is 1. The summed E-state index contributed by atoms with van der Waals surface area (Å²) in [6.07, 6.45) is 1.90.